The summed E-state index contributed by atoms with van der Waals surface area (Å²) in [5, 5.41) is 11.2. The Bertz CT molecular complexity index is 895. The highest BCUT2D eigenvalue weighted by Gasteiger charge is 2.11. The molecule has 0 aliphatic heterocycles. The van der Waals surface area contributed by atoms with Crippen molar-refractivity contribution in [2.45, 2.75) is 34.2 Å². The van der Waals surface area contributed by atoms with Crippen molar-refractivity contribution in [2.75, 3.05) is 5.32 Å². The van der Waals surface area contributed by atoms with Crippen molar-refractivity contribution in [3.63, 3.8) is 0 Å². The molecule has 0 spiro atoms. The van der Waals surface area contributed by atoms with Crippen LogP contribution in [0.5, 0.6) is 0 Å². The summed E-state index contributed by atoms with van der Waals surface area (Å²) in [7, 11) is 0. The van der Waals surface area contributed by atoms with Crippen molar-refractivity contribution < 1.29 is 4.79 Å². The molecule has 0 aliphatic carbocycles. The molecule has 3 rings (SSSR count). The van der Waals surface area contributed by atoms with E-state index in [1.165, 1.54) is 11.1 Å². The molecule has 3 aromatic rings. The van der Waals surface area contributed by atoms with Crippen molar-refractivity contribution in [1.82, 2.24) is 15.0 Å². The van der Waals surface area contributed by atoms with Crippen LogP contribution in [0.2, 0.25) is 0 Å². The van der Waals surface area contributed by atoms with Gasteiger partial charge in [0.1, 0.15) is 12.1 Å². The van der Waals surface area contributed by atoms with Crippen molar-refractivity contribution in [3.8, 4) is 0 Å². The second-order valence-electron chi connectivity index (χ2n) is 6.04. The molecule has 5 nitrogen and oxygen atoms in total. The second-order valence-corrected chi connectivity index (χ2v) is 6.04. The molecule has 0 aliphatic rings. The van der Waals surface area contributed by atoms with Gasteiger partial charge in [-0.25, -0.2) is 4.68 Å². The Hall–Kier alpha value is -2.69. The lowest BCUT2D eigenvalue weighted by atomic mass is 10.1. The minimum atomic E-state index is -0.109. The number of hydrogen-bond acceptors (Lipinski definition) is 3. The molecule has 0 atom stereocenters. The van der Waals surface area contributed by atoms with E-state index in [4.69, 9.17) is 0 Å². The predicted molar refractivity (Wildman–Crippen MR) is 91.5 cm³/mol. The zero-order valence-electron chi connectivity index (χ0n) is 13.8. The monoisotopic (exact) mass is 308 g/mol. The maximum absolute atomic E-state index is 12.3. The highest BCUT2D eigenvalue weighted by Crippen LogP contribution is 2.18. The van der Waals surface area contributed by atoms with Gasteiger partial charge in [0, 0.05) is 5.69 Å². The van der Waals surface area contributed by atoms with E-state index in [0.717, 1.165) is 27.8 Å². The highest BCUT2D eigenvalue weighted by atomic mass is 16.2. The summed E-state index contributed by atoms with van der Waals surface area (Å²) < 4.78 is 1.64. The molecule has 23 heavy (non-hydrogen) atoms. The summed E-state index contributed by atoms with van der Waals surface area (Å²) in [6.07, 6.45) is 0. The standard InChI is InChI=1S/C18H20N4O/c1-11-5-6-15(14(4)7-11)19-18(23)10-22-17-9-13(3)12(2)8-16(17)20-21-22/h5-9H,10H2,1-4H3,(H,19,23). The zero-order chi connectivity index (χ0) is 16.6. The lowest BCUT2D eigenvalue weighted by Crippen LogP contribution is -2.20. The minimum absolute atomic E-state index is 0.109. The lowest BCUT2D eigenvalue weighted by Gasteiger charge is -2.09. The van der Waals surface area contributed by atoms with Gasteiger partial charge in [-0.1, -0.05) is 22.9 Å². The van der Waals surface area contributed by atoms with Gasteiger partial charge in [-0.3, -0.25) is 4.79 Å². The first-order valence-electron chi connectivity index (χ1n) is 7.61. The first kappa shape index (κ1) is 15.2. The molecular weight excluding hydrogens is 288 g/mol. The molecule has 1 aromatic heterocycles. The summed E-state index contributed by atoms with van der Waals surface area (Å²) in [6.45, 7) is 8.25. The van der Waals surface area contributed by atoms with E-state index in [1.807, 2.05) is 58.0 Å². The lowest BCUT2D eigenvalue weighted by molar-refractivity contribution is -0.116. The van der Waals surface area contributed by atoms with Crippen LogP contribution >= 0.6 is 0 Å². The molecule has 5 heteroatoms. The van der Waals surface area contributed by atoms with E-state index >= 15 is 0 Å². The summed E-state index contributed by atoms with van der Waals surface area (Å²) in [5.74, 6) is -0.109. The van der Waals surface area contributed by atoms with Gasteiger partial charge in [-0.2, -0.15) is 0 Å². The first-order valence-corrected chi connectivity index (χ1v) is 7.61. The molecular formula is C18H20N4O. The van der Waals surface area contributed by atoms with Crippen LogP contribution in [0.3, 0.4) is 0 Å². The normalized spacial score (nSPS) is 11.0. The number of fused-ring (bicyclic) bond motifs is 1. The topological polar surface area (TPSA) is 59.8 Å². The van der Waals surface area contributed by atoms with E-state index in [0.29, 0.717) is 0 Å². The molecule has 2 aromatic carbocycles. The van der Waals surface area contributed by atoms with Crippen LogP contribution < -0.4 is 5.32 Å². The van der Waals surface area contributed by atoms with Crippen LogP contribution in [0.15, 0.2) is 30.3 Å². The van der Waals surface area contributed by atoms with E-state index < -0.39 is 0 Å². The smallest absolute Gasteiger partial charge is 0.246 e. The molecule has 118 valence electrons. The van der Waals surface area contributed by atoms with Gasteiger partial charge in [0.2, 0.25) is 5.91 Å². The molecule has 0 bridgehead atoms. The predicted octanol–water partition coefficient (Wildman–Crippen LogP) is 3.30. The molecule has 0 fully saturated rings. The number of carbonyl (C=O) groups excluding carboxylic acids is 1. The number of rotatable bonds is 3. The van der Waals surface area contributed by atoms with Crippen LogP contribution in [-0.4, -0.2) is 20.9 Å². The summed E-state index contributed by atoms with van der Waals surface area (Å²) in [5.41, 5.74) is 7.08. The van der Waals surface area contributed by atoms with E-state index in [-0.39, 0.29) is 12.5 Å². The summed E-state index contributed by atoms with van der Waals surface area (Å²) >= 11 is 0. The van der Waals surface area contributed by atoms with Crippen molar-refractivity contribution in [1.29, 1.82) is 0 Å². The van der Waals surface area contributed by atoms with Crippen molar-refractivity contribution in [3.05, 3.63) is 52.6 Å². The Morgan fingerprint density at radius 2 is 1.78 bits per heavy atom. The van der Waals surface area contributed by atoms with Crippen LogP contribution in [0.4, 0.5) is 5.69 Å². The maximum Gasteiger partial charge on any atom is 0.246 e. The third-order valence-electron chi connectivity index (χ3n) is 4.08. The molecule has 1 amide bonds. The summed E-state index contributed by atoms with van der Waals surface area (Å²) in [4.78, 5) is 12.3. The minimum Gasteiger partial charge on any atom is -0.324 e. The molecule has 1 heterocycles. The third-order valence-corrected chi connectivity index (χ3v) is 4.08. The fraction of sp³-hybridized carbons (Fsp3) is 0.278. The second kappa shape index (κ2) is 5.83. The number of nitrogens with zero attached hydrogens (tertiary/aromatic N) is 3. The van der Waals surface area contributed by atoms with E-state index in [9.17, 15) is 4.79 Å². The number of hydrogen-bond donors (Lipinski definition) is 1. The average Bonchev–Trinajstić information content (AvgIpc) is 2.85. The van der Waals surface area contributed by atoms with Gasteiger partial charge in [0.05, 0.1) is 5.52 Å². The Morgan fingerprint density at radius 1 is 1.04 bits per heavy atom. The molecule has 0 saturated carbocycles. The Kier molecular flexibility index (Phi) is 3.86. The zero-order valence-corrected chi connectivity index (χ0v) is 13.8. The van der Waals surface area contributed by atoms with E-state index in [2.05, 4.69) is 15.6 Å². The Labute approximate surface area is 135 Å². The largest absolute Gasteiger partial charge is 0.324 e. The SMILES string of the molecule is Cc1ccc(NC(=O)Cn2nnc3cc(C)c(C)cc32)c(C)c1. The van der Waals surface area contributed by atoms with Gasteiger partial charge in [0.15, 0.2) is 0 Å². The first-order chi connectivity index (χ1) is 10.9. The van der Waals surface area contributed by atoms with Crippen molar-refractivity contribution >= 4 is 22.6 Å². The number of nitrogens with one attached hydrogen (secondary N) is 1. The van der Waals surface area contributed by atoms with Crippen LogP contribution in [0.1, 0.15) is 22.3 Å². The van der Waals surface area contributed by atoms with Crippen molar-refractivity contribution in [2.24, 2.45) is 0 Å². The number of benzene rings is 2. The quantitative estimate of drug-likeness (QED) is 0.807. The fourth-order valence-corrected chi connectivity index (χ4v) is 2.62. The molecule has 0 unspecified atom stereocenters. The van der Waals surface area contributed by atoms with Gasteiger partial charge >= 0.3 is 0 Å². The van der Waals surface area contributed by atoms with Gasteiger partial charge in [0.25, 0.3) is 0 Å². The molecule has 0 saturated heterocycles. The fourth-order valence-electron chi connectivity index (χ4n) is 2.62. The average molecular weight is 308 g/mol. The van der Waals surface area contributed by atoms with Crippen LogP contribution in [-0.2, 0) is 11.3 Å². The number of aromatic nitrogens is 3. The molecule has 0 radical (unpaired) electrons. The van der Waals surface area contributed by atoms with Crippen LogP contribution in [0.25, 0.3) is 11.0 Å². The van der Waals surface area contributed by atoms with Gasteiger partial charge < -0.3 is 5.32 Å². The third kappa shape index (κ3) is 3.08. The van der Waals surface area contributed by atoms with Gasteiger partial charge in [-0.05, 0) is 62.6 Å². The molecule has 1 N–H and O–H groups in total. The number of anilines is 1. The highest BCUT2D eigenvalue weighted by molar-refractivity contribution is 5.92. The Morgan fingerprint density at radius 3 is 2.52 bits per heavy atom. The number of aryl methyl sites for hydroxylation is 4. The number of amides is 1. The maximum atomic E-state index is 12.3. The van der Waals surface area contributed by atoms with Crippen LogP contribution in [0, 0.1) is 27.7 Å². The Balaban J connectivity index is 1.81. The van der Waals surface area contributed by atoms with Gasteiger partial charge in [-0.15, -0.1) is 5.10 Å². The number of carbonyl (C=O) groups is 1. The van der Waals surface area contributed by atoms with E-state index in [1.54, 1.807) is 4.68 Å². The summed E-state index contributed by atoms with van der Waals surface area (Å²) in [6, 6.07) is 9.98.